The molecule has 0 aromatic heterocycles. The van der Waals surface area contributed by atoms with Gasteiger partial charge in [0.15, 0.2) is 0 Å². The number of nitrogens with zero attached hydrogens (tertiary/aromatic N) is 2. The quantitative estimate of drug-likeness (QED) is 0.384. The van der Waals surface area contributed by atoms with Crippen LogP contribution < -0.4 is 4.90 Å². The van der Waals surface area contributed by atoms with Gasteiger partial charge in [0.1, 0.15) is 24.2 Å². The van der Waals surface area contributed by atoms with Gasteiger partial charge in [-0.05, 0) is 57.2 Å². The topological polar surface area (TPSA) is 96.4 Å². The molecule has 0 saturated carbocycles. The number of hydrogen-bond acceptors (Lipinski definition) is 6. The number of carbonyl (C=O) groups is 3. The second-order valence-electron chi connectivity index (χ2n) is 10.6. The Morgan fingerprint density at radius 3 is 2.65 bits per heavy atom. The summed E-state index contributed by atoms with van der Waals surface area (Å²) >= 11 is 0. The van der Waals surface area contributed by atoms with E-state index in [1.807, 2.05) is 39.0 Å². The minimum Gasteiger partial charge on any atom is -0.461 e. The number of likely N-dealkylation sites (tertiary alicyclic amines) is 1. The number of esters is 1. The molecule has 1 spiro atoms. The van der Waals surface area contributed by atoms with Gasteiger partial charge in [0, 0.05) is 12.2 Å². The van der Waals surface area contributed by atoms with Crippen LogP contribution in [0.4, 0.5) is 5.69 Å². The van der Waals surface area contributed by atoms with E-state index in [0.29, 0.717) is 19.3 Å². The Morgan fingerprint density at radius 2 is 2.03 bits per heavy atom. The van der Waals surface area contributed by atoms with E-state index in [4.69, 9.17) is 9.47 Å². The van der Waals surface area contributed by atoms with Gasteiger partial charge in [-0.15, -0.1) is 6.58 Å². The van der Waals surface area contributed by atoms with E-state index >= 15 is 0 Å². The molecule has 1 aromatic carbocycles. The number of aryl methyl sites for hydroxylation is 2. The zero-order valence-electron chi connectivity index (χ0n) is 22.2. The van der Waals surface area contributed by atoms with Crippen molar-refractivity contribution in [3.63, 3.8) is 0 Å². The first-order chi connectivity index (χ1) is 17.6. The summed E-state index contributed by atoms with van der Waals surface area (Å²) in [5, 5.41) is 10.1. The molecule has 3 heterocycles. The molecular weight excluding hydrogens is 472 g/mol. The maximum absolute atomic E-state index is 14.5. The number of hydrogen-bond donors (Lipinski definition) is 1. The van der Waals surface area contributed by atoms with Gasteiger partial charge in [0.05, 0.1) is 24.2 Å². The molecule has 3 aliphatic rings. The van der Waals surface area contributed by atoms with Crippen LogP contribution in [-0.4, -0.2) is 70.8 Å². The van der Waals surface area contributed by atoms with E-state index in [1.165, 1.54) is 11.0 Å². The Labute approximate surface area is 218 Å². The van der Waals surface area contributed by atoms with Crippen LogP contribution in [0.2, 0.25) is 0 Å². The average Bonchev–Trinajstić information content (AvgIpc) is 3.50. The van der Waals surface area contributed by atoms with Gasteiger partial charge >= 0.3 is 5.97 Å². The fourth-order valence-corrected chi connectivity index (χ4v) is 6.68. The summed E-state index contributed by atoms with van der Waals surface area (Å²) in [5.74, 6) is -2.88. The minimum absolute atomic E-state index is 0.0297. The monoisotopic (exact) mass is 510 g/mol. The van der Waals surface area contributed by atoms with Crippen molar-refractivity contribution in [3.8, 4) is 0 Å². The van der Waals surface area contributed by atoms with Gasteiger partial charge < -0.3 is 24.4 Å². The summed E-state index contributed by atoms with van der Waals surface area (Å²) in [7, 11) is 0. The van der Waals surface area contributed by atoms with Crippen LogP contribution in [0.5, 0.6) is 0 Å². The van der Waals surface area contributed by atoms with Gasteiger partial charge in [-0.25, -0.2) is 0 Å². The summed E-state index contributed by atoms with van der Waals surface area (Å²) in [6.07, 6.45) is 4.65. The molecular formula is C29H38N2O6. The Hall–Kier alpha value is -2.97. The van der Waals surface area contributed by atoms with Crippen molar-refractivity contribution in [2.75, 3.05) is 24.7 Å². The van der Waals surface area contributed by atoms with Crippen molar-refractivity contribution in [2.45, 2.75) is 70.2 Å². The highest BCUT2D eigenvalue weighted by Crippen LogP contribution is 2.64. The van der Waals surface area contributed by atoms with E-state index in [2.05, 4.69) is 13.2 Å². The van der Waals surface area contributed by atoms with Gasteiger partial charge in [-0.3, -0.25) is 14.4 Å². The van der Waals surface area contributed by atoms with Gasteiger partial charge in [0.2, 0.25) is 5.91 Å². The van der Waals surface area contributed by atoms with Crippen molar-refractivity contribution >= 4 is 23.5 Å². The molecule has 6 atom stereocenters. The van der Waals surface area contributed by atoms with Crippen molar-refractivity contribution in [1.29, 1.82) is 0 Å². The largest absolute Gasteiger partial charge is 0.461 e. The second-order valence-corrected chi connectivity index (χ2v) is 10.6. The molecule has 8 heteroatoms. The van der Waals surface area contributed by atoms with Crippen LogP contribution in [0, 0.1) is 25.7 Å². The van der Waals surface area contributed by atoms with Gasteiger partial charge in [-0.1, -0.05) is 37.8 Å². The number of anilines is 1. The van der Waals surface area contributed by atoms with E-state index in [1.54, 1.807) is 17.9 Å². The molecule has 4 rings (SSSR count). The smallest absolute Gasteiger partial charge is 0.313 e. The van der Waals surface area contributed by atoms with E-state index in [-0.39, 0.29) is 31.6 Å². The number of amides is 2. The third-order valence-electron chi connectivity index (χ3n) is 8.42. The first-order valence-corrected chi connectivity index (χ1v) is 13.0. The molecule has 200 valence electrons. The highest BCUT2D eigenvalue weighted by molar-refractivity contribution is 6.05. The molecule has 1 N–H and O–H groups in total. The zero-order valence-corrected chi connectivity index (χ0v) is 22.2. The zero-order chi connectivity index (χ0) is 27.1. The molecule has 0 radical (unpaired) electrons. The predicted molar refractivity (Wildman–Crippen MR) is 140 cm³/mol. The lowest BCUT2D eigenvalue weighted by molar-refractivity contribution is -0.161. The lowest BCUT2D eigenvalue weighted by atomic mass is 9.65. The first-order valence-electron chi connectivity index (χ1n) is 13.0. The van der Waals surface area contributed by atoms with Crippen molar-refractivity contribution in [1.82, 2.24) is 4.90 Å². The Kier molecular flexibility index (Phi) is 7.36. The SMILES string of the molecule is C=CCOC(=O)[C@@H]1[C@H]2C(=O)N([C@H](C)CO)C(C(=O)N(CC=C)c3cc(C)ccc3C)C23CC[C@@]1(CC)O3. The lowest BCUT2D eigenvalue weighted by Crippen LogP contribution is -2.58. The van der Waals surface area contributed by atoms with Crippen molar-refractivity contribution in [2.24, 2.45) is 11.8 Å². The predicted octanol–water partition coefficient (Wildman–Crippen LogP) is 3.09. The molecule has 2 bridgehead atoms. The molecule has 3 fully saturated rings. The summed E-state index contributed by atoms with van der Waals surface area (Å²) < 4.78 is 12.2. The lowest BCUT2D eigenvalue weighted by Gasteiger charge is -2.39. The number of rotatable bonds is 10. The number of aliphatic hydroxyl groups excluding tert-OH is 1. The van der Waals surface area contributed by atoms with Crippen LogP contribution in [0.15, 0.2) is 43.5 Å². The van der Waals surface area contributed by atoms with Crippen molar-refractivity contribution in [3.05, 3.63) is 54.6 Å². The highest BCUT2D eigenvalue weighted by atomic mass is 16.6. The van der Waals surface area contributed by atoms with Gasteiger partial charge in [0.25, 0.3) is 5.91 Å². The van der Waals surface area contributed by atoms with Crippen LogP contribution in [-0.2, 0) is 23.9 Å². The molecule has 2 unspecified atom stereocenters. The van der Waals surface area contributed by atoms with E-state index in [9.17, 15) is 19.5 Å². The molecule has 3 aliphatic heterocycles. The Balaban J connectivity index is 1.85. The first kappa shape index (κ1) is 27.1. The van der Waals surface area contributed by atoms with Crippen LogP contribution in [0.25, 0.3) is 0 Å². The average molecular weight is 511 g/mol. The molecule has 8 nitrogen and oxygen atoms in total. The molecule has 37 heavy (non-hydrogen) atoms. The summed E-state index contributed by atoms with van der Waals surface area (Å²) in [4.78, 5) is 45.0. The van der Waals surface area contributed by atoms with Crippen LogP contribution >= 0.6 is 0 Å². The number of carbonyl (C=O) groups excluding carboxylic acids is 3. The Morgan fingerprint density at radius 1 is 1.30 bits per heavy atom. The number of ether oxygens (including phenoxy) is 2. The fraction of sp³-hybridized carbons (Fsp3) is 0.552. The van der Waals surface area contributed by atoms with E-state index < -0.39 is 41.1 Å². The molecule has 2 amide bonds. The third kappa shape index (κ3) is 4.01. The third-order valence-corrected chi connectivity index (χ3v) is 8.42. The number of benzene rings is 1. The number of fused-ring (bicyclic) bond motifs is 1. The summed E-state index contributed by atoms with van der Waals surface area (Å²) in [6, 6.07) is 4.24. The maximum Gasteiger partial charge on any atom is 0.313 e. The summed E-state index contributed by atoms with van der Waals surface area (Å²) in [5.41, 5.74) is 0.563. The van der Waals surface area contributed by atoms with E-state index in [0.717, 1.165) is 16.8 Å². The minimum atomic E-state index is -1.19. The second kappa shape index (κ2) is 10.1. The maximum atomic E-state index is 14.5. The molecule has 0 aliphatic carbocycles. The standard InChI is InChI=1S/C29H38N2O6/c1-7-14-30(21-16-18(4)10-11-19(21)5)26(34)24-29-13-12-28(9-3,37-29)23(27(35)36-15-8-2)22(29)25(33)31(24)20(6)17-32/h7-8,10-11,16,20,22-24,32H,1-2,9,12-15,17H2,3-6H3/t20-,22+,23+,24?,28-,29?/m1/s1. The fourth-order valence-electron chi connectivity index (χ4n) is 6.68. The highest BCUT2D eigenvalue weighted by Gasteiger charge is 2.79. The normalized spacial score (nSPS) is 30.7. The van der Waals surface area contributed by atoms with Crippen molar-refractivity contribution < 1.29 is 29.0 Å². The van der Waals surface area contributed by atoms with Gasteiger partial charge in [-0.2, -0.15) is 0 Å². The molecule has 3 saturated heterocycles. The number of aliphatic hydroxyl groups is 1. The summed E-state index contributed by atoms with van der Waals surface area (Å²) in [6.45, 7) is 14.9. The molecule has 1 aromatic rings. The van der Waals surface area contributed by atoms with Crippen LogP contribution in [0.1, 0.15) is 44.2 Å². The Bertz CT molecular complexity index is 1120. The van der Waals surface area contributed by atoms with Crippen LogP contribution in [0.3, 0.4) is 0 Å².